The van der Waals surface area contributed by atoms with Crippen molar-refractivity contribution in [3.05, 3.63) is 54.1 Å². The summed E-state index contributed by atoms with van der Waals surface area (Å²) in [5.41, 5.74) is 6.99. The van der Waals surface area contributed by atoms with Crippen molar-refractivity contribution in [3.8, 4) is 0 Å². The van der Waals surface area contributed by atoms with E-state index in [1.54, 1.807) is 0 Å². The molecule has 2 aromatic rings. The largest absolute Gasteiger partial charge is 0.337 e. The van der Waals surface area contributed by atoms with Crippen molar-refractivity contribution in [1.29, 1.82) is 0 Å². The number of aryl methyl sites for hydroxylation is 1. The van der Waals surface area contributed by atoms with Gasteiger partial charge in [-0.1, -0.05) is 30.3 Å². The lowest BCUT2D eigenvalue weighted by Gasteiger charge is -2.21. The standard InChI is InChI=1S/C14H20N4.ClH/c1-17-10-8-16-14(17)12-18(9-7-15)11-13-5-3-2-4-6-13;/h2-6,8,10H,7,9,11-12,15H2,1H3;1H. The third-order valence-corrected chi connectivity index (χ3v) is 2.98. The number of nitrogens with zero attached hydrogens (tertiary/aromatic N) is 3. The molecule has 0 aliphatic heterocycles. The van der Waals surface area contributed by atoms with Crippen molar-refractivity contribution >= 4 is 12.4 Å². The molecule has 5 heteroatoms. The van der Waals surface area contributed by atoms with Crippen molar-refractivity contribution in [2.45, 2.75) is 13.1 Å². The van der Waals surface area contributed by atoms with Crippen molar-refractivity contribution < 1.29 is 0 Å². The van der Waals surface area contributed by atoms with E-state index in [9.17, 15) is 0 Å². The van der Waals surface area contributed by atoms with Crippen LogP contribution >= 0.6 is 12.4 Å². The van der Waals surface area contributed by atoms with E-state index in [0.717, 1.165) is 25.5 Å². The molecule has 0 atom stereocenters. The molecule has 19 heavy (non-hydrogen) atoms. The van der Waals surface area contributed by atoms with Crippen LogP contribution in [-0.2, 0) is 20.1 Å². The first-order chi connectivity index (χ1) is 8.79. The molecule has 0 fully saturated rings. The third-order valence-electron chi connectivity index (χ3n) is 2.98. The summed E-state index contributed by atoms with van der Waals surface area (Å²) in [6, 6.07) is 10.5. The van der Waals surface area contributed by atoms with E-state index in [1.165, 1.54) is 5.56 Å². The first kappa shape index (κ1) is 15.7. The monoisotopic (exact) mass is 280 g/mol. The number of nitrogens with two attached hydrogens (primary N) is 1. The number of benzene rings is 1. The van der Waals surface area contributed by atoms with Gasteiger partial charge in [0.1, 0.15) is 5.82 Å². The maximum absolute atomic E-state index is 5.68. The predicted octanol–water partition coefficient (Wildman–Crippen LogP) is 1.80. The molecule has 0 aliphatic rings. The van der Waals surface area contributed by atoms with Crippen LogP contribution in [0.4, 0.5) is 0 Å². The van der Waals surface area contributed by atoms with Gasteiger partial charge in [-0.25, -0.2) is 4.98 Å². The number of halogens is 1. The Balaban J connectivity index is 0.00000180. The Morgan fingerprint density at radius 3 is 2.53 bits per heavy atom. The molecule has 0 aliphatic carbocycles. The van der Waals surface area contributed by atoms with Crippen LogP contribution in [0.15, 0.2) is 42.7 Å². The highest BCUT2D eigenvalue weighted by Gasteiger charge is 2.08. The molecule has 0 saturated heterocycles. The fourth-order valence-electron chi connectivity index (χ4n) is 1.99. The van der Waals surface area contributed by atoms with Gasteiger partial charge >= 0.3 is 0 Å². The Morgan fingerprint density at radius 2 is 1.95 bits per heavy atom. The van der Waals surface area contributed by atoms with E-state index in [4.69, 9.17) is 5.73 Å². The number of imidazole rings is 1. The number of hydrogen-bond donors (Lipinski definition) is 1. The summed E-state index contributed by atoms with van der Waals surface area (Å²) in [4.78, 5) is 6.68. The van der Waals surface area contributed by atoms with Crippen LogP contribution in [0.25, 0.3) is 0 Å². The summed E-state index contributed by atoms with van der Waals surface area (Å²) in [6.07, 6.45) is 3.80. The summed E-state index contributed by atoms with van der Waals surface area (Å²) in [5.74, 6) is 1.07. The van der Waals surface area contributed by atoms with Gasteiger partial charge in [0, 0.05) is 39.1 Å². The van der Waals surface area contributed by atoms with Crippen LogP contribution in [0, 0.1) is 0 Å². The van der Waals surface area contributed by atoms with Gasteiger partial charge in [-0.15, -0.1) is 12.4 Å². The first-order valence-corrected chi connectivity index (χ1v) is 6.22. The van der Waals surface area contributed by atoms with E-state index in [0.29, 0.717) is 6.54 Å². The minimum atomic E-state index is 0. The van der Waals surface area contributed by atoms with Crippen LogP contribution in [0.5, 0.6) is 0 Å². The molecule has 1 heterocycles. The number of aromatic nitrogens is 2. The van der Waals surface area contributed by atoms with Gasteiger partial charge in [0.2, 0.25) is 0 Å². The van der Waals surface area contributed by atoms with E-state index < -0.39 is 0 Å². The normalized spacial score (nSPS) is 10.5. The zero-order chi connectivity index (χ0) is 12.8. The Labute approximate surface area is 120 Å². The van der Waals surface area contributed by atoms with Gasteiger partial charge in [0.25, 0.3) is 0 Å². The average molecular weight is 281 g/mol. The van der Waals surface area contributed by atoms with E-state index >= 15 is 0 Å². The molecular formula is C14H21ClN4. The summed E-state index contributed by atoms with van der Waals surface area (Å²) in [7, 11) is 2.02. The van der Waals surface area contributed by atoms with Crippen molar-refractivity contribution in [2.75, 3.05) is 13.1 Å². The molecule has 0 saturated carbocycles. The van der Waals surface area contributed by atoms with E-state index in [-0.39, 0.29) is 12.4 Å². The maximum atomic E-state index is 5.68. The molecule has 1 aromatic heterocycles. The SMILES string of the molecule is Cl.Cn1ccnc1CN(CCN)Cc1ccccc1. The second-order valence-electron chi connectivity index (χ2n) is 4.44. The summed E-state index contributed by atoms with van der Waals surface area (Å²) in [6.45, 7) is 3.28. The van der Waals surface area contributed by atoms with Crippen molar-refractivity contribution in [1.82, 2.24) is 14.5 Å². The Kier molecular flexibility index (Phi) is 6.56. The fraction of sp³-hybridized carbons (Fsp3) is 0.357. The summed E-state index contributed by atoms with van der Waals surface area (Å²) in [5, 5.41) is 0. The molecule has 104 valence electrons. The predicted molar refractivity (Wildman–Crippen MR) is 80.1 cm³/mol. The van der Waals surface area contributed by atoms with Crippen LogP contribution in [0.2, 0.25) is 0 Å². The van der Waals surface area contributed by atoms with Gasteiger partial charge in [-0.05, 0) is 5.56 Å². The average Bonchev–Trinajstić information content (AvgIpc) is 2.77. The second kappa shape index (κ2) is 7.94. The van der Waals surface area contributed by atoms with Gasteiger partial charge < -0.3 is 10.3 Å². The lowest BCUT2D eigenvalue weighted by molar-refractivity contribution is 0.255. The fourth-order valence-corrected chi connectivity index (χ4v) is 1.99. The quantitative estimate of drug-likeness (QED) is 0.878. The van der Waals surface area contributed by atoms with Gasteiger partial charge in [-0.2, -0.15) is 0 Å². The summed E-state index contributed by atoms with van der Waals surface area (Å²) >= 11 is 0. The minimum Gasteiger partial charge on any atom is -0.337 e. The second-order valence-corrected chi connectivity index (χ2v) is 4.44. The third kappa shape index (κ3) is 4.67. The number of rotatable bonds is 6. The maximum Gasteiger partial charge on any atom is 0.122 e. The van der Waals surface area contributed by atoms with Gasteiger partial charge in [-0.3, -0.25) is 4.90 Å². The minimum absolute atomic E-state index is 0. The zero-order valence-electron chi connectivity index (χ0n) is 11.2. The molecular weight excluding hydrogens is 260 g/mol. The highest BCUT2D eigenvalue weighted by molar-refractivity contribution is 5.85. The Bertz CT molecular complexity index is 469. The molecule has 0 spiro atoms. The van der Waals surface area contributed by atoms with Crippen LogP contribution < -0.4 is 5.73 Å². The molecule has 0 unspecified atom stereocenters. The highest BCUT2D eigenvalue weighted by atomic mass is 35.5. The smallest absolute Gasteiger partial charge is 0.122 e. The molecule has 4 nitrogen and oxygen atoms in total. The molecule has 2 N–H and O–H groups in total. The highest BCUT2D eigenvalue weighted by Crippen LogP contribution is 2.07. The van der Waals surface area contributed by atoms with Crippen LogP contribution in [0.1, 0.15) is 11.4 Å². The van der Waals surface area contributed by atoms with Crippen molar-refractivity contribution in [3.63, 3.8) is 0 Å². The van der Waals surface area contributed by atoms with Gasteiger partial charge in [0.15, 0.2) is 0 Å². The van der Waals surface area contributed by atoms with Crippen LogP contribution in [-0.4, -0.2) is 27.5 Å². The topological polar surface area (TPSA) is 47.1 Å². The van der Waals surface area contributed by atoms with Gasteiger partial charge in [0.05, 0.1) is 6.54 Å². The number of hydrogen-bond acceptors (Lipinski definition) is 3. The zero-order valence-corrected chi connectivity index (χ0v) is 12.0. The lowest BCUT2D eigenvalue weighted by Crippen LogP contribution is -2.29. The first-order valence-electron chi connectivity index (χ1n) is 6.22. The molecule has 0 amide bonds. The molecule has 0 radical (unpaired) electrons. The summed E-state index contributed by atoms with van der Waals surface area (Å²) < 4.78 is 2.05. The molecule has 2 rings (SSSR count). The van der Waals surface area contributed by atoms with E-state index in [2.05, 4.69) is 38.7 Å². The Morgan fingerprint density at radius 1 is 1.21 bits per heavy atom. The van der Waals surface area contributed by atoms with E-state index in [1.807, 2.05) is 25.5 Å². The molecule has 1 aromatic carbocycles. The Hall–Kier alpha value is -1.36. The lowest BCUT2D eigenvalue weighted by atomic mass is 10.2. The van der Waals surface area contributed by atoms with Crippen molar-refractivity contribution in [2.24, 2.45) is 12.8 Å². The van der Waals surface area contributed by atoms with Crippen LogP contribution in [0.3, 0.4) is 0 Å². The molecule has 0 bridgehead atoms.